The van der Waals surface area contributed by atoms with Gasteiger partial charge < -0.3 is 24.8 Å². The Morgan fingerprint density at radius 3 is 3.15 bits per heavy atom. The van der Waals surface area contributed by atoms with E-state index in [0.29, 0.717) is 37.6 Å². The number of likely N-dealkylation sites (tertiary alicyclic amines) is 1. The van der Waals surface area contributed by atoms with Crippen molar-refractivity contribution in [3.05, 3.63) is 17.9 Å². The molecule has 6 nitrogen and oxygen atoms in total. The van der Waals surface area contributed by atoms with Crippen molar-refractivity contribution in [3.63, 3.8) is 0 Å². The summed E-state index contributed by atoms with van der Waals surface area (Å²) < 4.78 is 25.2. The van der Waals surface area contributed by atoms with Gasteiger partial charge in [-0.15, -0.1) is 0 Å². The second-order valence-corrected chi connectivity index (χ2v) is 4.78. The highest BCUT2D eigenvalue weighted by atomic mass is 19.1. The molecule has 1 aromatic rings. The maximum Gasteiger partial charge on any atom is 0.407 e. The van der Waals surface area contributed by atoms with Crippen LogP contribution in [0.3, 0.4) is 0 Å². The lowest BCUT2D eigenvalue weighted by Crippen LogP contribution is -2.29. The average molecular weight is 282 g/mol. The molecular weight excluding hydrogens is 267 g/mol. The largest absolute Gasteiger partial charge is 0.489 e. The summed E-state index contributed by atoms with van der Waals surface area (Å²) >= 11 is 0. The van der Waals surface area contributed by atoms with Gasteiger partial charge in [0.05, 0.1) is 6.54 Å². The Labute approximate surface area is 115 Å². The molecule has 0 radical (unpaired) electrons. The zero-order valence-electron chi connectivity index (χ0n) is 10.8. The first-order valence-corrected chi connectivity index (χ1v) is 6.49. The zero-order valence-corrected chi connectivity index (χ0v) is 10.8. The number of carbonyl (C=O) groups is 1. The molecule has 7 heteroatoms. The van der Waals surface area contributed by atoms with Crippen LogP contribution in [-0.2, 0) is 0 Å². The normalized spacial score (nSPS) is 20.9. The van der Waals surface area contributed by atoms with Crippen molar-refractivity contribution in [1.29, 1.82) is 0 Å². The molecule has 1 saturated heterocycles. The number of carboxylic acid groups (broad SMARTS) is 1. The molecule has 1 aromatic carbocycles. The van der Waals surface area contributed by atoms with Gasteiger partial charge in [0, 0.05) is 19.5 Å². The van der Waals surface area contributed by atoms with E-state index in [1.54, 1.807) is 6.07 Å². The second-order valence-electron chi connectivity index (χ2n) is 4.78. The molecule has 0 aliphatic carbocycles. The van der Waals surface area contributed by atoms with E-state index in [1.807, 2.05) is 0 Å². The highest BCUT2D eigenvalue weighted by Gasteiger charge is 2.29. The molecule has 2 aliphatic heterocycles. The van der Waals surface area contributed by atoms with Gasteiger partial charge in [-0.1, -0.05) is 0 Å². The number of hydrogen-bond donors (Lipinski definition) is 2. The molecule has 1 fully saturated rings. The molecule has 0 spiro atoms. The first-order chi connectivity index (χ1) is 9.65. The van der Waals surface area contributed by atoms with Crippen LogP contribution in [0, 0.1) is 5.82 Å². The van der Waals surface area contributed by atoms with Crippen molar-refractivity contribution in [3.8, 4) is 11.5 Å². The van der Waals surface area contributed by atoms with Gasteiger partial charge in [0.15, 0.2) is 11.6 Å². The molecule has 3 rings (SSSR count). The quantitative estimate of drug-likeness (QED) is 0.865. The molecule has 0 aromatic heterocycles. The predicted molar refractivity (Wildman–Crippen MR) is 69.0 cm³/mol. The molecule has 1 amide bonds. The Kier molecular flexibility index (Phi) is 3.25. The molecule has 2 heterocycles. The van der Waals surface area contributed by atoms with E-state index < -0.39 is 11.9 Å². The standard InChI is InChI=1S/C13H15FN2O4/c14-11-9(1-2-10-12(11)15-4-6-19-10)20-8-3-5-16(7-8)13(17)18/h1-2,8,15H,3-7H2,(H,17,18)/t8-/m0/s1. The van der Waals surface area contributed by atoms with Gasteiger partial charge >= 0.3 is 6.09 Å². The van der Waals surface area contributed by atoms with Gasteiger partial charge in [-0.3, -0.25) is 0 Å². The molecule has 108 valence electrons. The van der Waals surface area contributed by atoms with E-state index in [1.165, 1.54) is 11.0 Å². The first kappa shape index (κ1) is 12.8. The summed E-state index contributed by atoms with van der Waals surface area (Å²) in [5, 5.41) is 11.8. The van der Waals surface area contributed by atoms with Gasteiger partial charge in [-0.25, -0.2) is 9.18 Å². The minimum atomic E-state index is -0.975. The Hall–Kier alpha value is -2.18. The van der Waals surface area contributed by atoms with Crippen LogP contribution in [0.1, 0.15) is 6.42 Å². The average Bonchev–Trinajstić information content (AvgIpc) is 2.91. The van der Waals surface area contributed by atoms with Crippen LogP contribution >= 0.6 is 0 Å². The van der Waals surface area contributed by atoms with Gasteiger partial charge in [-0.2, -0.15) is 0 Å². The fourth-order valence-corrected chi connectivity index (χ4v) is 2.43. The second kappa shape index (κ2) is 5.07. The van der Waals surface area contributed by atoms with Crippen molar-refractivity contribution in [1.82, 2.24) is 4.90 Å². The third-order valence-corrected chi connectivity index (χ3v) is 3.44. The van der Waals surface area contributed by atoms with E-state index in [-0.39, 0.29) is 18.4 Å². The van der Waals surface area contributed by atoms with Crippen molar-refractivity contribution in [2.24, 2.45) is 0 Å². The van der Waals surface area contributed by atoms with Gasteiger partial charge in [0.1, 0.15) is 24.1 Å². The van der Waals surface area contributed by atoms with Gasteiger partial charge in [0.25, 0.3) is 0 Å². The molecule has 0 unspecified atom stereocenters. The first-order valence-electron chi connectivity index (χ1n) is 6.49. The summed E-state index contributed by atoms with van der Waals surface area (Å²) in [7, 11) is 0. The number of rotatable bonds is 2. The molecular formula is C13H15FN2O4. The summed E-state index contributed by atoms with van der Waals surface area (Å²) in [4.78, 5) is 12.1. The Balaban J connectivity index is 1.74. The maximum atomic E-state index is 14.3. The number of anilines is 1. The van der Waals surface area contributed by atoms with Crippen LogP contribution in [0.25, 0.3) is 0 Å². The lowest BCUT2D eigenvalue weighted by atomic mass is 10.2. The summed E-state index contributed by atoms with van der Waals surface area (Å²) in [5.74, 6) is 0.106. The number of benzene rings is 1. The summed E-state index contributed by atoms with van der Waals surface area (Å²) in [6.07, 6.45) is -0.729. The van der Waals surface area contributed by atoms with E-state index in [4.69, 9.17) is 14.6 Å². The topological polar surface area (TPSA) is 71.0 Å². The Morgan fingerprint density at radius 1 is 1.55 bits per heavy atom. The SMILES string of the molecule is O=C(O)N1CC[C@H](Oc2ccc3c(c2F)NCCO3)C1. The molecule has 2 N–H and O–H groups in total. The highest BCUT2D eigenvalue weighted by Crippen LogP contribution is 2.36. The summed E-state index contributed by atoms with van der Waals surface area (Å²) in [6, 6.07) is 3.18. The number of hydrogen-bond acceptors (Lipinski definition) is 4. The van der Waals surface area contributed by atoms with Crippen LogP contribution in [0.5, 0.6) is 11.5 Å². The summed E-state index contributed by atoms with van der Waals surface area (Å²) in [5.41, 5.74) is 0.307. The van der Waals surface area contributed by atoms with E-state index in [0.717, 1.165) is 0 Å². The molecule has 2 aliphatic rings. The van der Waals surface area contributed by atoms with Crippen molar-refractivity contribution in [2.75, 3.05) is 31.6 Å². The minimum Gasteiger partial charge on any atom is -0.489 e. The number of nitrogens with one attached hydrogen (secondary N) is 1. The van der Waals surface area contributed by atoms with Gasteiger partial charge in [0.2, 0.25) is 0 Å². The fourth-order valence-electron chi connectivity index (χ4n) is 2.43. The minimum absolute atomic E-state index is 0.124. The smallest absolute Gasteiger partial charge is 0.407 e. The number of amides is 1. The highest BCUT2D eigenvalue weighted by molar-refractivity contribution is 5.65. The fraction of sp³-hybridized carbons (Fsp3) is 0.462. The van der Waals surface area contributed by atoms with Crippen LogP contribution in [-0.4, -0.2) is 48.4 Å². The Bertz CT molecular complexity index is 537. The zero-order chi connectivity index (χ0) is 14.1. The van der Waals surface area contributed by atoms with Gasteiger partial charge in [-0.05, 0) is 12.1 Å². The summed E-state index contributed by atoms with van der Waals surface area (Å²) in [6.45, 7) is 1.72. The molecule has 20 heavy (non-hydrogen) atoms. The lowest BCUT2D eigenvalue weighted by molar-refractivity contribution is 0.144. The molecule has 1 atom stereocenters. The third-order valence-electron chi connectivity index (χ3n) is 3.44. The van der Waals surface area contributed by atoms with Crippen molar-refractivity contribution >= 4 is 11.8 Å². The van der Waals surface area contributed by atoms with E-state index in [9.17, 15) is 9.18 Å². The number of fused-ring (bicyclic) bond motifs is 1. The third kappa shape index (κ3) is 2.31. The molecule has 0 bridgehead atoms. The number of nitrogens with zero attached hydrogens (tertiary/aromatic N) is 1. The monoisotopic (exact) mass is 282 g/mol. The Morgan fingerprint density at radius 2 is 2.40 bits per heavy atom. The van der Waals surface area contributed by atoms with Crippen molar-refractivity contribution in [2.45, 2.75) is 12.5 Å². The number of ether oxygens (including phenoxy) is 2. The predicted octanol–water partition coefficient (Wildman–Crippen LogP) is 1.76. The van der Waals surface area contributed by atoms with E-state index >= 15 is 0 Å². The van der Waals surface area contributed by atoms with Crippen LogP contribution < -0.4 is 14.8 Å². The maximum absolute atomic E-state index is 14.3. The van der Waals surface area contributed by atoms with Crippen LogP contribution in [0.15, 0.2) is 12.1 Å². The van der Waals surface area contributed by atoms with Crippen LogP contribution in [0.2, 0.25) is 0 Å². The van der Waals surface area contributed by atoms with Crippen LogP contribution in [0.4, 0.5) is 14.9 Å². The van der Waals surface area contributed by atoms with E-state index in [2.05, 4.69) is 5.32 Å². The van der Waals surface area contributed by atoms with Crippen molar-refractivity contribution < 1.29 is 23.8 Å². The molecule has 0 saturated carbocycles. The lowest BCUT2D eigenvalue weighted by Gasteiger charge is -2.22. The number of halogens is 1.